The first-order chi connectivity index (χ1) is 9.54. The van der Waals surface area contributed by atoms with E-state index in [1.165, 1.54) is 10.4 Å². The molecule has 0 aromatic carbocycles. The number of hydrogen-bond acceptors (Lipinski definition) is 3. The first-order valence-corrected chi connectivity index (χ1v) is 8.19. The minimum Gasteiger partial charge on any atom is -0.336 e. The summed E-state index contributed by atoms with van der Waals surface area (Å²) in [5.41, 5.74) is 1.35. The molecule has 20 heavy (non-hydrogen) atoms. The third-order valence-electron chi connectivity index (χ3n) is 4.17. The number of carbonyl (C=O) groups excluding carboxylic acids is 1. The smallest absolute Gasteiger partial charge is 0.317 e. The molecule has 0 radical (unpaired) electrons. The number of carbonyl (C=O) groups is 1. The van der Waals surface area contributed by atoms with Gasteiger partial charge in [0.2, 0.25) is 0 Å². The van der Waals surface area contributed by atoms with Crippen LogP contribution in [0.5, 0.6) is 0 Å². The molecule has 0 unspecified atom stereocenters. The van der Waals surface area contributed by atoms with Crippen LogP contribution in [-0.2, 0) is 6.42 Å². The lowest BCUT2D eigenvalue weighted by atomic mass is 9.98. The highest BCUT2D eigenvalue weighted by atomic mass is 32.1. The molecule has 1 aromatic rings. The molecule has 1 aliphatic rings. The second-order valence-electron chi connectivity index (χ2n) is 5.67. The average Bonchev–Trinajstić information content (AvgIpc) is 2.91. The van der Waals surface area contributed by atoms with Crippen LogP contribution in [0.1, 0.15) is 36.8 Å². The van der Waals surface area contributed by atoms with Crippen molar-refractivity contribution in [1.29, 1.82) is 0 Å². The number of amides is 2. The molecular formula is C15H25N3OS. The van der Waals surface area contributed by atoms with Crippen molar-refractivity contribution in [3.8, 4) is 0 Å². The molecule has 4 nitrogen and oxygen atoms in total. The van der Waals surface area contributed by atoms with Gasteiger partial charge in [0.1, 0.15) is 0 Å². The quantitative estimate of drug-likeness (QED) is 0.927. The minimum absolute atomic E-state index is 0.0717. The molecule has 0 fully saturated rings. The number of nitrogens with zero attached hydrogens (tertiary/aromatic N) is 2. The highest BCUT2D eigenvalue weighted by Gasteiger charge is 2.30. The van der Waals surface area contributed by atoms with E-state index >= 15 is 0 Å². The fourth-order valence-electron chi connectivity index (χ4n) is 2.60. The second kappa shape index (κ2) is 6.59. The minimum atomic E-state index is 0.0717. The first kappa shape index (κ1) is 15.3. The first-order valence-electron chi connectivity index (χ1n) is 7.31. The van der Waals surface area contributed by atoms with Crippen LogP contribution in [0.15, 0.2) is 11.4 Å². The average molecular weight is 295 g/mol. The summed E-state index contributed by atoms with van der Waals surface area (Å²) in [4.78, 5) is 18.0. The molecule has 2 heterocycles. The van der Waals surface area contributed by atoms with Gasteiger partial charge < -0.3 is 15.1 Å². The van der Waals surface area contributed by atoms with Gasteiger partial charge in [0.05, 0.1) is 6.04 Å². The monoisotopic (exact) mass is 295 g/mol. The summed E-state index contributed by atoms with van der Waals surface area (Å²) in [6, 6.07) is 2.83. The van der Waals surface area contributed by atoms with E-state index in [1.54, 1.807) is 0 Å². The summed E-state index contributed by atoms with van der Waals surface area (Å²) in [6.45, 7) is 5.79. The second-order valence-corrected chi connectivity index (χ2v) is 6.67. The van der Waals surface area contributed by atoms with Crippen molar-refractivity contribution in [2.75, 3.05) is 27.2 Å². The normalized spacial score (nSPS) is 19.9. The number of thiophene rings is 1. The van der Waals surface area contributed by atoms with Crippen molar-refractivity contribution in [3.05, 3.63) is 21.9 Å². The maximum atomic E-state index is 12.4. The van der Waals surface area contributed by atoms with Crippen molar-refractivity contribution in [2.45, 2.75) is 38.8 Å². The van der Waals surface area contributed by atoms with Gasteiger partial charge in [-0.25, -0.2) is 4.79 Å². The van der Waals surface area contributed by atoms with Crippen molar-refractivity contribution in [3.63, 3.8) is 0 Å². The Labute approximate surface area is 125 Å². The number of urea groups is 1. The molecule has 112 valence electrons. The highest BCUT2D eigenvalue weighted by molar-refractivity contribution is 7.10. The van der Waals surface area contributed by atoms with Gasteiger partial charge in [-0.2, -0.15) is 0 Å². The highest BCUT2D eigenvalue weighted by Crippen LogP contribution is 2.35. The van der Waals surface area contributed by atoms with Gasteiger partial charge in [-0.15, -0.1) is 11.3 Å². The van der Waals surface area contributed by atoms with E-state index in [0.717, 1.165) is 19.4 Å². The maximum absolute atomic E-state index is 12.4. The van der Waals surface area contributed by atoms with Crippen LogP contribution in [-0.4, -0.2) is 49.1 Å². The van der Waals surface area contributed by atoms with Crippen molar-refractivity contribution < 1.29 is 4.79 Å². The van der Waals surface area contributed by atoms with Crippen molar-refractivity contribution in [2.24, 2.45) is 0 Å². The molecule has 0 bridgehead atoms. The molecule has 1 aromatic heterocycles. The van der Waals surface area contributed by atoms with E-state index in [4.69, 9.17) is 0 Å². The number of likely N-dealkylation sites (N-methyl/N-ethyl adjacent to an activating group) is 1. The summed E-state index contributed by atoms with van der Waals surface area (Å²) in [5, 5.41) is 5.21. The van der Waals surface area contributed by atoms with Gasteiger partial charge in [0, 0.05) is 24.0 Å². The SMILES string of the molecule is CC[C@@H]1c2ccsc2CCN1C(=O)NC[C@H](C)N(C)C. The molecule has 1 N–H and O–H groups in total. The maximum Gasteiger partial charge on any atom is 0.317 e. The third kappa shape index (κ3) is 3.15. The van der Waals surface area contributed by atoms with Gasteiger partial charge >= 0.3 is 6.03 Å². The molecule has 1 aliphatic heterocycles. The summed E-state index contributed by atoms with van der Waals surface area (Å²) in [5.74, 6) is 0. The van der Waals surface area contributed by atoms with Crippen LogP contribution in [0.4, 0.5) is 4.79 Å². The van der Waals surface area contributed by atoms with E-state index in [1.807, 2.05) is 30.3 Å². The van der Waals surface area contributed by atoms with E-state index in [0.29, 0.717) is 12.6 Å². The topological polar surface area (TPSA) is 35.6 Å². The fourth-order valence-corrected chi connectivity index (χ4v) is 3.53. The molecule has 2 atom stereocenters. The van der Waals surface area contributed by atoms with Crippen molar-refractivity contribution in [1.82, 2.24) is 15.1 Å². The molecule has 0 spiro atoms. The van der Waals surface area contributed by atoms with E-state index in [2.05, 4.69) is 35.5 Å². The number of nitrogens with one attached hydrogen (secondary N) is 1. The van der Waals surface area contributed by atoms with Crippen LogP contribution in [0.3, 0.4) is 0 Å². The zero-order valence-electron chi connectivity index (χ0n) is 12.8. The Kier molecular flexibility index (Phi) is 5.05. The van der Waals surface area contributed by atoms with Crippen LogP contribution in [0.25, 0.3) is 0 Å². The Bertz CT molecular complexity index is 458. The molecule has 2 rings (SSSR count). The molecular weight excluding hydrogens is 270 g/mol. The zero-order chi connectivity index (χ0) is 14.7. The number of fused-ring (bicyclic) bond motifs is 1. The number of rotatable bonds is 4. The van der Waals surface area contributed by atoms with Crippen molar-refractivity contribution >= 4 is 17.4 Å². The van der Waals surface area contributed by atoms with Gasteiger partial charge in [-0.1, -0.05) is 6.92 Å². The van der Waals surface area contributed by atoms with Crippen LogP contribution < -0.4 is 5.32 Å². The predicted molar refractivity (Wildman–Crippen MR) is 84.3 cm³/mol. The Morgan fingerprint density at radius 3 is 3.00 bits per heavy atom. The van der Waals surface area contributed by atoms with Gasteiger partial charge in [-0.3, -0.25) is 0 Å². The molecule has 0 saturated carbocycles. The van der Waals surface area contributed by atoms with E-state index < -0.39 is 0 Å². The Balaban J connectivity index is 2.00. The Morgan fingerprint density at radius 1 is 1.60 bits per heavy atom. The third-order valence-corrected chi connectivity index (χ3v) is 5.17. The summed E-state index contributed by atoms with van der Waals surface area (Å²) in [6.07, 6.45) is 1.96. The molecule has 0 saturated heterocycles. The number of hydrogen-bond donors (Lipinski definition) is 1. The van der Waals surface area contributed by atoms with Gasteiger partial charge in [0.25, 0.3) is 0 Å². The fraction of sp³-hybridized carbons (Fsp3) is 0.667. The Morgan fingerprint density at radius 2 is 2.35 bits per heavy atom. The lowest BCUT2D eigenvalue weighted by Gasteiger charge is -2.36. The largest absolute Gasteiger partial charge is 0.336 e. The van der Waals surface area contributed by atoms with Gasteiger partial charge in [-0.05, 0) is 50.9 Å². The Hall–Kier alpha value is -1.07. The predicted octanol–water partition coefficient (Wildman–Crippen LogP) is 2.72. The lowest BCUT2D eigenvalue weighted by Crippen LogP contribution is -2.48. The van der Waals surface area contributed by atoms with E-state index in [-0.39, 0.29) is 12.1 Å². The van der Waals surface area contributed by atoms with E-state index in [9.17, 15) is 4.79 Å². The molecule has 5 heteroatoms. The summed E-state index contributed by atoms with van der Waals surface area (Å²) < 4.78 is 0. The van der Waals surface area contributed by atoms with Crippen LogP contribution in [0.2, 0.25) is 0 Å². The lowest BCUT2D eigenvalue weighted by molar-refractivity contribution is 0.164. The van der Waals surface area contributed by atoms with Crippen LogP contribution >= 0.6 is 11.3 Å². The standard InChI is InChI=1S/C15H25N3OS/c1-5-13-12-7-9-20-14(12)6-8-18(13)15(19)16-10-11(2)17(3)4/h7,9,11,13H,5-6,8,10H2,1-4H3,(H,16,19)/t11-,13+/m0/s1. The summed E-state index contributed by atoms with van der Waals surface area (Å²) >= 11 is 1.82. The summed E-state index contributed by atoms with van der Waals surface area (Å²) in [7, 11) is 4.06. The van der Waals surface area contributed by atoms with Gasteiger partial charge in [0.15, 0.2) is 0 Å². The molecule has 2 amide bonds. The zero-order valence-corrected chi connectivity index (χ0v) is 13.7. The molecule has 0 aliphatic carbocycles. The van der Waals surface area contributed by atoms with Crippen LogP contribution in [0, 0.1) is 0 Å².